The fourth-order valence-corrected chi connectivity index (χ4v) is 5.46. The Morgan fingerprint density at radius 1 is 1.30 bits per heavy atom. The summed E-state index contributed by atoms with van der Waals surface area (Å²) in [5, 5.41) is 11.8. The van der Waals surface area contributed by atoms with Crippen molar-refractivity contribution in [3.63, 3.8) is 0 Å². The number of methoxy groups -OCH3 is 1. The number of hydrogen-bond acceptors (Lipinski definition) is 6. The molecule has 0 saturated heterocycles. The molecule has 2 aliphatic heterocycles. The number of rotatable bonds is 7. The minimum Gasteiger partial charge on any atom is -0.380 e. The molecule has 2 aromatic rings. The van der Waals surface area contributed by atoms with Crippen molar-refractivity contribution in [1.82, 2.24) is 25.4 Å². The van der Waals surface area contributed by atoms with E-state index in [-0.39, 0.29) is 35.5 Å². The number of aromatic nitrogens is 3. The maximum Gasteiger partial charge on any atom is 0.254 e. The van der Waals surface area contributed by atoms with Crippen LogP contribution in [-0.2, 0) is 9.53 Å². The summed E-state index contributed by atoms with van der Waals surface area (Å²) >= 11 is 0. The number of hydrogen-bond donors (Lipinski definition) is 2. The van der Waals surface area contributed by atoms with E-state index < -0.39 is 5.92 Å². The van der Waals surface area contributed by atoms with Gasteiger partial charge in [-0.25, -0.2) is 14.7 Å². The van der Waals surface area contributed by atoms with E-state index in [2.05, 4.69) is 54.5 Å². The SMILES string of the molecule is COCC1=CC(C)=NC(=O)C1CNC(=O)c1cc(C2=CC(C)(C)NC(C)(C)C2)nc2c1cnn2C(C)C. The number of ether oxygens (including phenoxy) is 1. The van der Waals surface area contributed by atoms with Crippen molar-refractivity contribution in [2.75, 3.05) is 20.3 Å². The Labute approximate surface area is 218 Å². The molecule has 2 aromatic heterocycles. The minimum absolute atomic E-state index is 0.0775. The second-order valence-electron chi connectivity index (χ2n) is 11.6. The number of amides is 2. The Morgan fingerprint density at radius 3 is 2.68 bits per heavy atom. The molecule has 0 bridgehead atoms. The molecule has 0 fully saturated rings. The maximum absolute atomic E-state index is 13.6. The molecule has 4 rings (SSSR count). The highest BCUT2D eigenvalue weighted by Crippen LogP contribution is 2.34. The third kappa shape index (κ3) is 5.72. The zero-order valence-corrected chi connectivity index (χ0v) is 23.1. The lowest BCUT2D eigenvalue weighted by molar-refractivity contribution is -0.120. The number of nitrogens with zero attached hydrogens (tertiary/aromatic N) is 4. The van der Waals surface area contributed by atoms with Gasteiger partial charge in [0, 0.05) is 36.5 Å². The first-order valence-electron chi connectivity index (χ1n) is 12.8. The lowest BCUT2D eigenvalue weighted by Gasteiger charge is -2.41. The van der Waals surface area contributed by atoms with Crippen LogP contribution in [0.15, 0.2) is 35.0 Å². The van der Waals surface area contributed by atoms with Gasteiger partial charge in [-0.2, -0.15) is 5.10 Å². The number of pyridine rings is 1. The van der Waals surface area contributed by atoms with Crippen LogP contribution in [0.4, 0.5) is 0 Å². The Morgan fingerprint density at radius 2 is 2.03 bits per heavy atom. The van der Waals surface area contributed by atoms with Gasteiger partial charge in [0.15, 0.2) is 5.65 Å². The quantitative estimate of drug-likeness (QED) is 0.590. The molecule has 0 aromatic carbocycles. The van der Waals surface area contributed by atoms with Crippen molar-refractivity contribution < 1.29 is 14.3 Å². The standard InChI is InChI=1S/C28H38N6O3/c1-16(2)34-24-22(14-30-34)20(10-23(32-24)19-11-27(4,5)33-28(6,7)12-19)25(35)29-13-21-18(15-37-8)9-17(3)31-26(21)36/h9-11,14,16,21,33H,12-13,15H2,1-8H3,(H,29,35). The lowest BCUT2D eigenvalue weighted by Crippen LogP contribution is -2.53. The predicted octanol–water partition coefficient (Wildman–Crippen LogP) is 3.87. The van der Waals surface area contributed by atoms with E-state index >= 15 is 0 Å². The number of fused-ring (bicyclic) bond motifs is 1. The van der Waals surface area contributed by atoms with Crippen LogP contribution in [0.2, 0.25) is 0 Å². The minimum atomic E-state index is -0.559. The largest absolute Gasteiger partial charge is 0.380 e. The third-order valence-corrected chi connectivity index (χ3v) is 6.66. The number of nitrogens with one attached hydrogen (secondary N) is 2. The van der Waals surface area contributed by atoms with Gasteiger partial charge >= 0.3 is 0 Å². The van der Waals surface area contributed by atoms with Gasteiger partial charge in [0.1, 0.15) is 0 Å². The average Bonchev–Trinajstić information content (AvgIpc) is 3.20. The van der Waals surface area contributed by atoms with Gasteiger partial charge in [0.05, 0.1) is 35.4 Å². The van der Waals surface area contributed by atoms with Gasteiger partial charge < -0.3 is 15.4 Å². The summed E-state index contributed by atoms with van der Waals surface area (Å²) < 4.78 is 7.12. The summed E-state index contributed by atoms with van der Waals surface area (Å²) in [5.74, 6) is -1.11. The van der Waals surface area contributed by atoms with Crippen LogP contribution >= 0.6 is 0 Å². The number of allylic oxidation sites excluding steroid dienone is 1. The van der Waals surface area contributed by atoms with Crippen LogP contribution in [0.5, 0.6) is 0 Å². The Hall–Kier alpha value is -3.17. The summed E-state index contributed by atoms with van der Waals surface area (Å²) in [4.78, 5) is 35.3. The fraction of sp³-hybridized carbons (Fsp3) is 0.536. The van der Waals surface area contributed by atoms with E-state index in [0.29, 0.717) is 28.9 Å². The molecule has 9 nitrogen and oxygen atoms in total. The number of aliphatic imine (C=N–C) groups is 1. The third-order valence-electron chi connectivity index (χ3n) is 6.66. The van der Waals surface area contributed by atoms with Gasteiger partial charge in [-0.1, -0.05) is 6.08 Å². The van der Waals surface area contributed by atoms with Crippen molar-refractivity contribution >= 4 is 34.1 Å². The van der Waals surface area contributed by atoms with Gasteiger partial charge in [0.2, 0.25) is 0 Å². The highest BCUT2D eigenvalue weighted by molar-refractivity contribution is 6.08. The first-order chi connectivity index (χ1) is 17.3. The normalized spacial score (nSPS) is 21.1. The highest BCUT2D eigenvalue weighted by Gasteiger charge is 2.34. The molecule has 4 heterocycles. The van der Waals surface area contributed by atoms with Gasteiger partial charge in [-0.15, -0.1) is 0 Å². The fourth-order valence-electron chi connectivity index (χ4n) is 5.46. The number of carbonyl (C=O) groups excluding carboxylic acids is 2. The molecule has 1 unspecified atom stereocenters. The smallest absolute Gasteiger partial charge is 0.254 e. The first kappa shape index (κ1) is 26.9. The topological polar surface area (TPSA) is 110 Å². The summed E-state index contributed by atoms with van der Waals surface area (Å²) in [7, 11) is 1.59. The van der Waals surface area contributed by atoms with Crippen LogP contribution < -0.4 is 10.6 Å². The molecule has 0 radical (unpaired) electrons. The van der Waals surface area contributed by atoms with Crippen LogP contribution in [0.3, 0.4) is 0 Å². The van der Waals surface area contributed by atoms with Crippen molar-refractivity contribution in [2.45, 2.75) is 72.0 Å². The van der Waals surface area contributed by atoms with Crippen LogP contribution in [-0.4, -0.2) is 63.6 Å². The zero-order chi connectivity index (χ0) is 27.1. The van der Waals surface area contributed by atoms with Gasteiger partial charge in [-0.3, -0.25) is 9.59 Å². The molecule has 2 N–H and O–H groups in total. The van der Waals surface area contributed by atoms with Crippen LogP contribution in [0.25, 0.3) is 16.6 Å². The first-order valence-corrected chi connectivity index (χ1v) is 12.8. The van der Waals surface area contributed by atoms with Gasteiger partial charge in [0.25, 0.3) is 11.8 Å². The Kier molecular flexibility index (Phi) is 7.23. The molecule has 9 heteroatoms. The second-order valence-corrected chi connectivity index (χ2v) is 11.6. The van der Waals surface area contributed by atoms with Crippen LogP contribution in [0, 0.1) is 5.92 Å². The van der Waals surface area contributed by atoms with E-state index in [9.17, 15) is 9.59 Å². The van der Waals surface area contributed by atoms with Crippen molar-refractivity contribution in [3.8, 4) is 0 Å². The molecule has 37 heavy (non-hydrogen) atoms. The molecule has 0 aliphatic carbocycles. The summed E-state index contributed by atoms with van der Waals surface area (Å²) in [6.07, 6.45) is 6.50. The monoisotopic (exact) mass is 506 g/mol. The van der Waals surface area contributed by atoms with E-state index in [0.717, 1.165) is 23.3 Å². The molecule has 0 spiro atoms. The van der Waals surface area contributed by atoms with Crippen LogP contribution in [0.1, 0.15) is 77.0 Å². The van der Waals surface area contributed by atoms with E-state index in [4.69, 9.17) is 9.72 Å². The second kappa shape index (κ2) is 9.95. The molecule has 2 aliphatic rings. The van der Waals surface area contributed by atoms with E-state index in [1.54, 1.807) is 20.2 Å². The molecular formula is C28H38N6O3. The lowest BCUT2D eigenvalue weighted by atomic mass is 9.82. The highest BCUT2D eigenvalue weighted by atomic mass is 16.5. The molecule has 198 valence electrons. The summed E-state index contributed by atoms with van der Waals surface area (Å²) in [6, 6.07) is 1.93. The average molecular weight is 507 g/mol. The van der Waals surface area contributed by atoms with Crippen molar-refractivity contribution in [3.05, 3.63) is 41.2 Å². The number of dihydropyridines is 1. The summed E-state index contributed by atoms with van der Waals surface area (Å²) in [5.41, 5.74) is 4.09. The van der Waals surface area contributed by atoms with Gasteiger partial charge in [-0.05, 0) is 78.2 Å². The number of carbonyl (C=O) groups is 2. The molecular weight excluding hydrogens is 468 g/mol. The molecule has 1 atom stereocenters. The van der Waals surface area contributed by atoms with Crippen molar-refractivity contribution in [1.29, 1.82) is 0 Å². The van der Waals surface area contributed by atoms with Crippen molar-refractivity contribution in [2.24, 2.45) is 10.9 Å². The van der Waals surface area contributed by atoms with E-state index in [1.807, 2.05) is 30.7 Å². The van der Waals surface area contributed by atoms with E-state index in [1.165, 1.54) is 0 Å². The summed E-state index contributed by atoms with van der Waals surface area (Å²) in [6.45, 7) is 14.9. The molecule has 2 amide bonds. The predicted molar refractivity (Wildman–Crippen MR) is 146 cm³/mol. The molecule has 0 saturated carbocycles. The maximum atomic E-state index is 13.6. The Balaban J connectivity index is 1.72. The zero-order valence-electron chi connectivity index (χ0n) is 23.1. The Bertz CT molecular complexity index is 1330.